The van der Waals surface area contributed by atoms with Crippen LogP contribution >= 0.6 is 11.3 Å². The molecular weight excluding hydrogens is 260 g/mol. The number of ether oxygens (including phenoxy) is 1. The molecule has 0 saturated carbocycles. The van der Waals surface area contributed by atoms with E-state index in [2.05, 4.69) is 31.1 Å². The Hall–Kier alpha value is -1.10. The average molecular weight is 284 g/mol. The molecule has 1 aromatic rings. The molecule has 0 spiro atoms. The summed E-state index contributed by atoms with van der Waals surface area (Å²) in [5.41, 5.74) is 0.436. The number of hydrogen-bond donors (Lipinski definition) is 1. The normalized spacial score (nSPS) is 12.5. The molecule has 108 valence electrons. The molecule has 0 aliphatic heterocycles. The zero-order chi connectivity index (χ0) is 14.4. The Bertz CT molecular complexity index is 416. The monoisotopic (exact) mass is 284 g/mol. The highest BCUT2D eigenvalue weighted by molar-refractivity contribution is 7.15. The summed E-state index contributed by atoms with van der Waals surface area (Å²) in [6.07, 6.45) is 2.29. The predicted molar refractivity (Wildman–Crippen MR) is 80.0 cm³/mol. The standard InChI is InChI=1S/C14H24N2O2S/c1-6-18-13(17)12-11(5)19-14(16-12)15-10(4)8-7-9(2)3/h9-10H,6-8H2,1-5H3,(H,15,16). The van der Waals surface area contributed by atoms with Gasteiger partial charge < -0.3 is 10.1 Å². The van der Waals surface area contributed by atoms with Gasteiger partial charge in [0.15, 0.2) is 10.8 Å². The Labute approximate surface area is 119 Å². The number of carbonyl (C=O) groups excluding carboxylic acids is 1. The van der Waals surface area contributed by atoms with Crippen LogP contribution in [0.3, 0.4) is 0 Å². The number of aryl methyl sites for hydroxylation is 1. The first-order valence-corrected chi connectivity index (χ1v) is 7.66. The molecule has 0 radical (unpaired) electrons. The van der Waals surface area contributed by atoms with E-state index in [1.54, 1.807) is 6.92 Å². The van der Waals surface area contributed by atoms with E-state index in [1.807, 2.05) is 6.92 Å². The van der Waals surface area contributed by atoms with Crippen LogP contribution in [0.25, 0.3) is 0 Å². The summed E-state index contributed by atoms with van der Waals surface area (Å²) in [6.45, 7) is 10.7. The van der Waals surface area contributed by atoms with Gasteiger partial charge in [-0.25, -0.2) is 9.78 Å². The number of aromatic nitrogens is 1. The molecule has 0 aromatic carbocycles. The van der Waals surface area contributed by atoms with Gasteiger partial charge in [-0.15, -0.1) is 11.3 Å². The van der Waals surface area contributed by atoms with Crippen molar-refractivity contribution in [1.29, 1.82) is 0 Å². The first-order chi connectivity index (χ1) is 8.93. The van der Waals surface area contributed by atoms with Gasteiger partial charge in [0.2, 0.25) is 0 Å². The van der Waals surface area contributed by atoms with Gasteiger partial charge in [-0.3, -0.25) is 0 Å². The van der Waals surface area contributed by atoms with Crippen LogP contribution < -0.4 is 5.32 Å². The number of carbonyl (C=O) groups is 1. The quantitative estimate of drug-likeness (QED) is 0.772. The predicted octanol–water partition coefficient (Wildman–Crippen LogP) is 3.86. The molecule has 0 aliphatic carbocycles. The van der Waals surface area contributed by atoms with E-state index in [4.69, 9.17) is 4.74 Å². The fraction of sp³-hybridized carbons (Fsp3) is 0.714. The first kappa shape index (κ1) is 16.0. The van der Waals surface area contributed by atoms with Gasteiger partial charge >= 0.3 is 5.97 Å². The minimum Gasteiger partial charge on any atom is -0.461 e. The van der Waals surface area contributed by atoms with Crippen molar-refractivity contribution in [2.75, 3.05) is 11.9 Å². The van der Waals surface area contributed by atoms with Crippen LogP contribution in [0.2, 0.25) is 0 Å². The Morgan fingerprint density at radius 3 is 2.63 bits per heavy atom. The van der Waals surface area contributed by atoms with Crippen LogP contribution in [-0.2, 0) is 4.74 Å². The zero-order valence-electron chi connectivity index (χ0n) is 12.4. The molecule has 1 unspecified atom stereocenters. The molecule has 1 atom stereocenters. The van der Waals surface area contributed by atoms with Crippen molar-refractivity contribution in [2.24, 2.45) is 5.92 Å². The van der Waals surface area contributed by atoms with E-state index < -0.39 is 0 Å². The van der Waals surface area contributed by atoms with Crippen LogP contribution in [0, 0.1) is 12.8 Å². The minimum atomic E-state index is -0.334. The highest BCUT2D eigenvalue weighted by Gasteiger charge is 2.17. The largest absolute Gasteiger partial charge is 0.461 e. The van der Waals surface area contributed by atoms with Gasteiger partial charge in [0.1, 0.15) is 0 Å². The van der Waals surface area contributed by atoms with E-state index in [0.29, 0.717) is 24.3 Å². The molecule has 5 heteroatoms. The second-order valence-electron chi connectivity index (χ2n) is 5.16. The van der Waals surface area contributed by atoms with E-state index in [9.17, 15) is 4.79 Å². The van der Waals surface area contributed by atoms with E-state index in [0.717, 1.165) is 16.4 Å². The lowest BCUT2D eigenvalue weighted by atomic mass is 10.0. The SMILES string of the molecule is CCOC(=O)c1nc(NC(C)CCC(C)C)sc1C. The molecule has 19 heavy (non-hydrogen) atoms. The molecule has 1 rings (SSSR count). The summed E-state index contributed by atoms with van der Waals surface area (Å²) in [7, 11) is 0. The van der Waals surface area contributed by atoms with Crippen LogP contribution in [0.5, 0.6) is 0 Å². The molecule has 0 aliphatic rings. The van der Waals surface area contributed by atoms with Crippen molar-refractivity contribution >= 4 is 22.4 Å². The van der Waals surface area contributed by atoms with Crippen LogP contribution in [-0.4, -0.2) is 23.6 Å². The summed E-state index contributed by atoms with van der Waals surface area (Å²) >= 11 is 1.51. The fourth-order valence-electron chi connectivity index (χ4n) is 1.71. The highest BCUT2D eigenvalue weighted by atomic mass is 32.1. The number of hydrogen-bond acceptors (Lipinski definition) is 5. The molecule has 0 bridgehead atoms. The lowest BCUT2D eigenvalue weighted by molar-refractivity contribution is 0.0519. The third kappa shape index (κ3) is 5.19. The summed E-state index contributed by atoms with van der Waals surface area (Å²) < 4.78 is 4.98. The zero-order valence-corrected chi connectivity index (χ0v) is 13.3. The van der Waals surface area contributed by atoms with E-state index in [-0.39, 0.29) is 5.97 Å². The molecule has 0 amide bonds. The van der Waals surface area contributed by atoms with E-state index in [1.165, 1.54) is 17.8 Å². The van der Waals surface area contributed by atoms with Crippen molar-refractivity contribution in [3.63, 3.8) is 0 Å². The van der Waals surface area contributed by atoms with Gasteiger partial charge in [0.25, 0.3) is 0 Å². The highest BCUT2D eigenvalue weighted by Crippen LogP contribution is 2.24. The number of anilines is 1. The molecule has 0 fully saturated rings. The van der Waals surface area contributed by atoms with Crippen molar-refractivity contribution in [3.05, 3.63) is 10.6 Å². The summed E-state index contributed by atoms with van der Waals surface area (Å²) in [6, 6.07) is 0.364. The Kier molecular flexibility index (Phi) is 6.28. The van der Waals surface area contributed by atoms with Crippen LogP contribution in [0.1, 0.15) is 55.9 Å². The third-order valence-corrected chi connectivity index (χ3v) is 3.71. The molecule has 1 heterocycles. The maximum atomic E-state index is 11.7. The smallest absolute Gasteiger partial charge is 0.358 e. The lowest BCUT2D eigenvalue weighted by Crippen LogP contribution is -2.16. The Morgan fingerprint density at radius 1 is 1.37 bits per heavy atom. The van der Waals surface area contributed by atoms with Gasteiger partial charge in [0.05, 0.1) is 6.61 Å². The first-order valence-electron chi connectivity index (χ1n) is 6.85. The van der Waals surface area contributed by atoms with Crippen molar-refractivity contribution in [2.45, 2.75) is 53.5 Å². The Balaban J connectivity index is 2.60. The van der Waals surface area contributed by atoms with Crippen molar-refractivity contribution < 1.29 is 9.53 Å². The van der Waals surface area contributed by atoms with Gasteiger partial charge in [-0.2, -0.15) is 0 Å². The van der Waals surface area contributed by atoms with E-state index >= 15 is 0 Å². The maximum absolute atomic E-state index is 11.7. The molecule has 1 aromatic heterocycles. The Morgan fingerprint density at radius 2 is 2.05 bits per heavy atom. The number of esters is 1. The van der Waals surface area contributed by atoms with Crippen molar-refractivity contribution in [1.82, 2.24) is 4.98 Å². The molecule has 4 nitrogen and oxygen atoms in total. The summed E-state index contributed by atoms with van der Waals surface area (Å²) in [4.78, 5) is 16.9. The second kappa shape index (κ2) is 7.48. The van der Waals surface area contributed by atoms with Crippen molar-refractivity contribution in [3.8, 4) is 0 Å². The second-order valence-corrected chi connectivity index (χ2v) is 6.36. The maximum Gasteiger partial charge on any atom is 0.358 e. The van der Waals surface area contributed by atoms with Gasteiger partial charge in [0, 0.05) is 10.9 Å². The summed E-state index contributed by atoms with van der Waals surface area (Å²) in [5, 5.41) is 4.16. The number of thiazole rings is 1. The van der Waals surface area contributed by atoms with Gasteiger partial charge in [-0.1, -0.05) is 13.8 Å². The molecule has 1 N–H and O–H groups in total. The summed E-state index contributed by atoms with van der Waals surface area (Å²) in [5.74, 6) is 0.372. The van der Waals surface area contributed by atoms with Gasteiger partial charge in [-0.05, 0) is 39.5 Å². The van der Waals surface area contributed by atoms with Crippen LogP contribution in [0.4, 0.5) is 5.13 Å². The molecular formula is C14H24N2O2S. The van der Waals surface area contributed by atoms with Crippen LogP contribution in [0.15, 0.2) is 0 Å². The third-order valence-electron chi connectivity index (χ3n) is 2.81. The topological polar surface area (TPSA) is 51.2 Å². The lowest BCUT2D eigenvalue weighted by Gasteiger charge is -2.13. The number of nitrogens with one attached hydrogen (secondary N) is 1. The molecule has 0 saturated heterocycles. The number of rotatable bonds is 7. The number of nitrogens with zero attached hydrogens (tertiary/aromatic N) is 1. The average Bonchev–Trinajstić information content (AvgIpc) is 2.68. The minimum absolute atomic E-state index is 0.334. The fourth-order valence-corrected chi connectivity index (χ4v) is 2.63.